The standard InChI is InChI=1S/C12H10F3NO3S/c1-5-16(8(4-20-5)12(18)19)11(17)6-2-3-7(13)10(15)9(6)14/h2-3,5,8H,4H2,1H3,(H,18,19). The van der Waals surface area contributed by atoms with Crippen LogP contribution >= 0.6 is 11.8 Å². The van der Waals surface area contributed by atoms with Crippen LogP contribution in [0.2, 0.25) is 0 Å². The molecule has 0 radical (unpaired) electrons. The topological polar surface area (TPSA) is 57.6 Å². The van der Waals surface area contributed by atoms with Crippen molar-refractivity contribution in [2.24, 2.45) is 0 Å². The SMILES string of the molecule is CC1SCC(C(=O)O)N1C(=O)c1ccc(F)c(F)c1F. The molecule has 0 bridgehead atoms. The average molecular weight is 305 g/mol. The van der Waals surface area contributed by atoms with Gasteiger partial charge < -0.3 is 10.0 Å². The third-order valence-electron chi connectivity index (χ3n) is 3.01. The molecule has 0 aliphatic carbocycles. The quantitative estimate of drug-likeness (QED) is 0.850. The molecule has 4 nitrogen and oxygen atoms in total. The molecule has 108 valence electrons. The number of halogens is 3. The summed E-state index contributed by atoms with van der Waals surface area (Å²) in [5.41, 5.74) is -0.676. The van der Waals surface area contributed by atoms with Gasteiger partial charge in [0.15, 0.2) is 17.5 Å². The lowest BCUT2D eigenvalue weighted by atomic mass is 10.1. The Kier molecular flexibility index (Phi) is 3.94. The van der Waals surface area contributed by atoms with Gasteiger partial charge in [-0.1, -0.05) is 0 Å². The van der Waals surface area contributed by atoms with E-state index in [0.717, 1.165) is 11.0 Å². The largest absolute Gasteiger partial charge is 0.480 e. The number of nitrogens with zero attached hydrogens (tertiary/aromatic N) is 1. The number of hydrogen-bond donors (Lipinski definition) is 1. The minimum atomic E-state index is -1.75. The summed E-state index contributed by atoms with van der Waals surface area (Å²) in [5.74, 6) is -6.79. The van der Waals surface area contributed by atoms with Crippen molar-refractivity contribution in [1.29, 1.82) is 0 Å². The second-order valence-corrected chi connectivity index (χ2v) is 5.57. The van der Waals surface area contributed by atoms with Gasteiger partial charge in [0.2, 0.25) is 0 Å². The summed E-state index contributed by atoms with van der Waals surface area (Å²) >= 11 is 1.21. The summed E-state index contributed by atoms with van der Waals surface area (Å²) in [7, 11) is 0. The Bertz CT molecular complexity index is 581. The van der Waals surface area contributed by atoms with Crippen molar-refractivity contribution in [2.45, 2.75) is 18.3 Å². The van der Waals surface area contributed by atoms with Crippen molar-refractivity contribution in [3.63, 3.8) is 0 Å². The van der Waals surface area contributed by atoms with E-state index in [2.05, 4.69) is 0 Å². The fourth-order valence-corrected chi connectivity index (χ4v) is 3.14. The molecule has 1 N–H and O–H groups in total. The molecule has 1 aromatic rings. The molecule has 0 spiro atoms. The lowest BCUT2D eigenvalue weighted by Gasteiger charge is -2.25. The summed E-state index contributed by atoms with van der Waals surface area (Å²) < 4.78 is 39.6. The van der Waals surface area contributed by atoms with Gasteiger partial charge in [0.05, 0.1) is 10.9 Å². The lowest BCUT2D eigenvalue weighted by Crippen LogP contribution is -2.45. The molecule has 1 fully saturated rings. The van der Waals surface area contributed by atoms with Crippen LogP contribution in [0.5, 0.6) is 0 Å². The van der Waals surface area contributed by atoms with Crippen LogP contribution in [0.4, 0.5) is 13.2 Å². The van der Waals surface area contributed by atoms with Gasteiger partial charge in [-0.3, -0.25) is 4.79 Å². The number of benzene rings is 1. The number of carboxylic acid groups (broad SMARTS) is 1. The maximum atomic E-state index is 13.6. The van der Waals surface area contributed by atoms with E-state index in [1.165, 1.54) is 11.8 Å². The Balaban J connectivity index is 2.40. The Hall–Kier alpha value is -1.70. The number of hydrogen-bond acceptors (Lipinski definition) is 3. The van der Waals surface area contributed by atoms with Crippen molar-refractivity contribution >= 4 is 23.6 Å². The monoisotopic (exact) mass is 305 g/mol. The Labute approximate surface area is 116 Å². The predicted octanol–water partition coefficient (Wildman–Crippen LogP) is 2.09. The Morgan fingerprint density at radius 3 is 2.55 bits per heavy atom. The van der Waals surface area contributed by atoms with E-state index in [4.69, 9.17) is 5.11 Å². The first-order chi connectivity index (χ1) is 9.34. The number of carbonyl (C=O) groups is 2. The van der Waals surface area contributed by atoms with Gasteiger partial charge in [-0.05, 0) is 19.1 Å². The molecule has 1 saturated heterocycles. The molecular formula is C12H10F3NO3S. The highest BCUT2D eigenvalue weighted by Crippen LogP contribution is 2.31. The van der Waals surface area contributed by atoms with E-state index >= 15 is 0 Å². The summed E-state index contributed by atoms with van der Waals surface area (Å²) in [4.78, 5) is 24.2. The third-order valence-corrected chi connectivity index (χ3v) is 4.23. The maximum Gasteiger partial charge on any atom is 0.327 e. The number of carbonyl (C=O) groups excluding carboxylic acids is 1. The second-order valence-electron chi connectivity index (χ2n) is 4.22. The van der Waals surface area contributed by atoms with Crippen molar-refractivity contribution in [1.82, 2.24) is 4.90 Å². The van der Waals surface area contributed by atoms with E-state index in [9.17, 15) is 22.8 Å². The molecule has 8 heteroatoms. The van der Waals surface area contributed by atoms with E-state index in [1.54, 1.807) is 6.92 Å². The molecule has 1 heterocycles. The number of aliphatic carboxylic acids is 1. The van der Waals surface area contributed by atoms with Crippen molar-refractivity contribution in [3.05, 3.63) is 35.1 Å². The number of amides is 1. The van der Waals surface area contributed by atoms with Crippen molar-refractivity contribution in [2.75, 3.05) is 5.75 Å². The smallest absolute Gasteiger partial charge is 0.327 e. The Morgan fingerprint density at radius 1 is 1.30 bits per heavy atom. The first-order valence-electron chi connectivity index (χ1n) is 5.65. The van der Waals surface area contributed by atoms with Gasteiger partial charge in [-0.25, -0.2) is 18.0 Å². The summed E-state index contributed by atoms with van der Waals surface area (Å²) in [6, 6.07) is 0.329. The van der Waals surface area contributed by atoms with Gasteiger partial charge in [0.25, 0.3) is 5.91 Å². The van der Waals surface area contributed by atoms with Gasteiger partial charge >= 0.3 is 5.97 Å². The molecule has 0 aromatic heterocycles. The zero-order valence-electron chi connectivity index (χ0n) is 10.3. The molecular weight excluding hydrogens is 295 g/mol. The van der Waals surface area contributed by atoms with Gasteiger partial charge in [-0.15, -0.1) is 11.8 Å². The maximum absolute atomic E-state index is 13.6. The molecule has 0 saturated carbocycles. The van der Waals surface area contributed by atoms with Gasteiger partial charge in [0.1, 0.15) is 6.04 Å². The average Bonchev–Trinajstić information content (AvgIpc) is 2.77. The highest BCUT2D eigenvalue weighted by molar-refractivity contribution is 8.00. The zero-order chi connectivity index (χ0) is 15.0. The summed E-state index contributed by atoms with van der Waals surface area (Å²) in [6.45, 7) is 1.59. The fourth-order valence-electron chi connectivity index (χ4n) is 1.97. The minimum Gasteiger partial charge on any atom is -0.480 e. The molecule has 1 aliphatic rings. The summed E-state index contributed by atoms with van der Waals surface area (Å²) in [6.07, 6.45) is 0. The summed E-state index contributed by atoms with van der Waals surface area (Å²) in [5, 5.41) is 8.54. The van der Waals surface area contributed by atoms with Crippen LogP contribution in [0.3, 0.4) is 0 Å². The van der Waals surface area contributed by atoms with Crippen LogP contribution in [0, 0.1) is 17.5 Å². The number of carboxylic acids is 1. The highest BCUT2D eigenvalue weighted by Gasteiger charge is 2.40. The van der Waals surface area contributed by atoms with Crippen LogP contribution in [0.15, 0.2) is 12.1 Å². The zero-order valence-corrected chi connectivity index (χ0v) is 11.1. The van der Waals surface area contributed by atoms with Crippen LogP contribution in [-0.2, 0) is 4.79 Å². The minimum absolute atomic E-state index is 0.160. The normalized spacial score (nSPS) is 22.1. The molecule has 2 unspecified atom stereocenters. The number of thioether (sulfide) groups is 1. The van der Waals surface area contributed by atoms with E-state index in [0.29, 0.717) is 6.07 Å². The molecule has 1 aromatic carbocycles. The highest BCUT2D eigenvalue weighted by atomic mass is 32.2. The lowest BCUT2D eigenvalue weighted by molar-refractivity contribution is -0.141. The molecule has 2 atom stereocenters. The van der Waals surface area contributed by atoms with E-state index in [-0.39, 0.29) is 5.75 Å². The molecule has 20 heavy (non-hydrogen) atoms. The van der Waals surface area contributed by atoms with E-state index < -0.39 is 46.3 Å². The third kappa shape index (κ3) is 2.35. The molecule has 1 amide bonds. The van der Waals surface area contributed by atoms with E-state index in [1.807, 2.05) is 0 Å². The van der Waals surface area contributed by atoms with Crippen LogP contribution in [-0.4, -0.2) is 39.1 Å². The molecule has 1 aliphatic heterocycles. The van der Waals surface area contributed by atoms with Gasteiger partial charge in [0, 0.05) is 5.75 Å². The first-order valence-corrected chi connectivity index (χ1v) is 6.70. The van der Waals surface area contributed by atoms with Crippen LogP contribution in [0.1, 0.15) is 17.3 Å². The van der Waals surface area contributed by atoms with Gasteiger partial charge in [-0.2, -0.15) is 0 Å². The first kappa shape index (κ1) is 14.7. The Morgan fingerprint density at radius 2 is 1.95 bits per heavy atom. The van der Waals surface area contributed by atoms with Crippen LogP contribution in [0.25, 0.3) is 0 Å². The number of rotatable bonds is 2. The molecule has 2 rings (SSSR count). The predicted molar refractivity (Wildman–Crippen MR) is 65.8 cm³/mol. The van der Waals surface area contributed by atoms with Crippen LogP contribution < -0.4 is 0 Å². The second kappa shape index (κ2) is 5.35. The fraction of sp³-hybridized carbons (Fsp3) is 0.333. The van der Waals surface area contributed by atoms with Crippen molar-refractivity contribution in [3.8, 4) is 0 Å². The van der Waals surface area contributed by atoms with Crippen molar-refractivity contribution < 1.29 is 27.9 Å².